The fourth-order valence-electron chi connectivity index (χ4n) is 3.26. The highest BCUT2D eigenvalue weighted by atomic mass is 32.2. The third-order valence-corrected chi connectivity index (χ3v) is 5.46. The SMILES string of the molecule is CSCCC(NC(=O)CNC(=O)C1CCCN1C(=O)C(N)Cc1cnc[nH]1)C(=O)O. The molecule has 1 aromatic heterocycles. The van der Waals surface area contributed by atoms with E-state index in [0.29, 0.717) is 25.1 Å². The third kappa shape index (κ3) is 6.73. The monoisotopic (exact) mass is 440 g/mol. The van der Waals surface area contributed by atoms with Crippen LogP contribution in [0, 0.1) is 0 Å². The van der Waals surface area contributed by atoms with Gasteiger partial charge in [0.05, 0.1) is 18.9 Å². The van der Waals surface area contributed by atoms with Gasteiger partial charge in [-0.2, -0.15) is 11.8 Å². The average molecular weight is 441 g/mol. The van der Waals surface area contributed by atoms with Crippen molar-refractivity contribution in [3.8, 4) is 0 Å². The quantitative estimate of drug-likeness (QED) is 0.283. The standard InChI is InChI=1S/C18H28N6O5S/c1-30-6-4-13(18(28)29)23-15(25)9-21-16(26)14-3-2-5-24(14)17(27)12(19)7-11-8-20-10-22-11/h8,10,12-14H,2-7,9,19H2,1H3,(H,20,22)(H,21,26)(H,23,25)(H,28,29). The molecule has 1 saturated heterocycles. The molecule has 3 amide bonds. The fraction of sp³-hybridized carbons (Fsp3) is 0.611. The number of rotatable bonds is 11. The lowest BCUT2D eigenvalue weighted by Crippen LogP contribution is -2.53. The zero-order valence-electron chi connectivity index (χ0n) is 16.8. The minimum Gasteiger partial charge on any atom is -0.480 e. The first-order valence-corrected chi connectivity index (χ1v) is 11.0. The number of hydrogen-bond donors (Lipinski definition) is 5. The molecule has 1 fully saturated rings. The number of thioether (sulfide) groups is 1. The van der Waals surface area contributed by atoms with E-state index in [-0.39, 0.29) is 25.3 Å². The molecule has 0 spiro atoms. The van der Waals surface area contributed by atoms with E-state index >= 15 is 0 Å². The summed E-state index contributed by atoms with van der Waals surface area (Å²) in [5.41, 5.74) is 6.73. The van der Waals surface area contributed by atoms with Crippen LogP contribution in [-0.2, 0) is 25.6 Å². The number of nitrogens with two attached hydrogens (primary N) is 1. The van der Waals surface area contributed by atoms with Gasteiger partial charge in [-0.05, 0) is 31.3 Å². The molecule has 0 radical (unpaired) electrons. The summed E-state index contributed by atoms with van der Waals surface area (Å²) in [6.07, 6.45) is 6.62. The minimum absolute atomic E-state index is 0.276. The van der Waals surface area contributed by atoms with Gasteiger partial charge in [-0.1, -0.05) is 0 Å². The number of nitrogens with zero attached hydrogens (tertiary/aromatic N) is 2. The summed E-state index contributed by atoms with van der Waals surface area (Å²) in [5.74, 6) is -1.93. The first-order chi connectivity index (χ1) is 14.3. The molecule has 166 valence electrons. The second-order valence-electron chi connectivity index (χ2n) is 7.03. The van der Waals surface area contributed by atoms with Crippen molar-refractivity contribution in [2.45, 2.75) is 43.8 Å². The Kier molecular flexibility index (Phi) is 9.12. The predicted molar refractivity (Wildman–Crippen MR) is 111 cm³/mol. The molecule has 1 aromatic rings. The number of carbonyl (C=O) groups is 4. The predicted octanol–water partition coefficient (Wildman–Crippen LogP) is -1.29. The molecule has 11 nitrogen and oxygen atoms in total. The number of amides is 3. The second-order valence-corrected chi connectivity index (χ2v) is 8.02. The maximum atomic E-state index is 12.7. The lowest BCUT2D eigenvalue weighted by atomic mass is 10.1. The topological polar surface area (TPSA) is 171 Å². The number of likely N-dealkylation sites (tertiary alicyclic amines) is 1. The van der Waals surface area contributed by atoms with Crippen molar-refractivity contribution in [2.75, 3.05) is 25.1 Å². The van der Waals surface area contributed by atoms with Gasteiger partial charge in [0.25, 0.3) is 0 Å². The lowest BCUT2D eigenvalue weighted by Gasteiger charge is -2.26. The summed E-state index contributed by atoms with van der Waals surface area (Å²) >= 11 is 1.48. The maximum absolute atomic E-state index is 12.7. The van der Waals surface area contributed by atoms with Gasteiger partial charge in [0.2, 0.25) is 17.7 Å². The Morgan fingerprint density at radius 3 is 2.83 bits per heavy atom. The highest BCUT2D eigenvalue weighted by Crippen LogP contribution is 2.19. The molecule has 30 heavy (non-hydrogen) atoms. The lowest BCUT2D eigenvalue weighted by molar-refractivity contribution is -0.142. The number of carboxylic acid groups (broad SMARTS) is 1. The molecular weight excluding hydrogens is 412 g/mol. The van der Waals surface area contributed by atoms with E-state index in [2.05, 4.69) is 20.6 Å². The number of carboxylic acids is 1. The van der Waals surface area contributed by atoms with Crippen LogP contribution < -0.4 is 16.4 Å². The number of aromatic nitrogens is 2. The van der Waals surface area contributed by atoms with Gasteiger partial charge >= 0.3 is 5.97 Å². The smallest absolute Gasteiger partial charge is 0.326 e. The number of carbonyl (C=O) groups excluding carboxylic acids is 3. The fourth-order valence-corrected chi connectivity index (χ4v) is 3.73. The van der Waals surface area contributed by atoms with Crippen molar-refractivity contribution < 1.29 is 24.3 Å². The molecule has 1 aliphatic rings. The van der Waals surface area contributed by atoms with Crippen LogP contribution in [0.15, 0.2) is 12.5 Å². The van der Waals surface area contributed by atoms with Gasteiger partial charge < -0.3 is 31.4 Å². The molecule has 0 bridgehead atoms. The van der Waals surface area contributed by atoms with E-state index < -0.39 is 35.9 Å². The molecule has 12 heteroatoms. The molecule has 3 unspecified atom stereocenters. The number of hydrogen-bond acceptors (Lipinski definition) is 7. The van der Waals surface area contributed by atoms with Crippen LogP contribution in [0.4, 0.5) is 0 Å². The largest absolute Gasteiger partial charge is 0.480 e. The van der Waals surface area contributed by atoms with Gasteiger partial charge in [-0.25, -0.2) is 9.78 Å². The van der Waals surface area contributed by atoms with Crippen molar-refractivity contribution in [2.24, 2.45) is 5.73 Å². The Balaban J connectivity index is 1.85. The van der Waals surface area contributed by atoms with E-state index in [1.165, 1.54) is 23.0 Å². The summed E-state index contributed by atoms with van der Waals surface area (Å²) in [6, 6.07) is -2.52. The zero-order valence-corrected chi connectivity index (χ0v) is 17.6. The van der Waals surface area contributed by atoms with Crippen LogP contribution >= 0.6 is 11.8 Å². The molecular formula is C18H28N6O5S. The van der Waals surface area contributed by atoms with Crippen LogP contribution in [0.2, 0.25) is 0 Å². The van der Waals surface area contributed by atoms with Crippen LogP contribution in [0.3, 0.4) is 0 Å². The zero-order chi connectivity index (χ0) is 22.1. The van der Waals surface area contributed by atoms with E-state index in [9.17, 15) is 19.2 Å². The normalized spacial score (nSPS) is 17.9. The van der Waals surface area contributed by atoms with E-state index in [0.717, 1.165) is 5.69 Å². The molecule has 0 saturated carbocycles. The van der Waals surface area contributed by atoms with Crippen molar-refractivity contribution in [1.82, 2.24) is 25.5 Å². The molecule has 1 aliphatic heterocycles. The van der Waals surface area contributed by atoms with E-state index in [4.69, 9.17) is 10.8 Å². The highest BCUT2D eigenvalue weighted by molar-refractivity contribution is 7.98. The molecule has 0 aliphatic carbocycles. The van der Waals surface area contributed by atoms with Gasteiger partial charge in [0, 0.05) is 24.9 Å². The number of H-pyrrole nitrogens is 1. The summed E-state index contributed by atoms with van der Waals surface area (Å²) in [4.78, 5) is 56.7. The van der Waals surface area contributed by atoms with Crippen LogP contribution in [0.1, 0.15) is 25.0 Å². The van der Waals surface area contributed by atoms with Gasteiger partial charge in [0.15, 0.2) is 0 Å². The molecule has 0 aromatic carbocycles. The first-order valence-electron chi connectivity index (χ1n) is 9.65. The molecule has 2 rings (SSSR count). The van der Waals surface area contributed by atoms with Crippen molar-refractivity contribution >= 4 is 35.5 Å². The number of nitrogens with one attached hydrogen (secondary N) is 3. The number of imidazole rings is 1. The van der Waals surface area contributed by atoms with Gasteiger partial charge in [0.1, 0.15) is 12.1 Å². The maximum Gasteiger partial charge on any atom is 0.326 e. The summed E-state index contributed by atoms with van der Waals surface area (Å²) in [7, 11) is 0. The molecule has 3 atom stereocenters. The van der Waals surface area contributed by atoms with Gasteiger partial charge in [-0.3, -0.25) is 14.4 Å². The Morgan fingerprint density at radius 2 is 2.20 bits per heavy atom. The second kappa shape index (κ2) is 11.6. The summed E-state index contributed by atoms with van der Waals surface area (Å²) in [5, 5.41) is 14.1. The summed E-state index contributed by atoms with van der Waals surface area (Å²) < 4.78 is 0. The van der Waals surface area contributed by atoms with E-state index in [1.807, 2.05) is 6.26 Å². The molecule has 2 heterocycles. The van der Waals surface area contributed by atoms with E-state index in [1.54, 1.807) is 6.20 Å². The van der Waals surface area contributed by atoms with Crippen LogP contribution in [0.25, 0.3) is 0 Å². The molecule has 6 N–H and O–H groups in total. The minimum atomic E-state index is -1.12. The highest BCUT2D eigenvalue weighted by Gasteiger charge is 2.36. The summed E-state index contributed by atoms with van der Waals surface area (Å²) in [6.45, 7) is 0.0518. The Labute approximate surface area is 178 Å². The third-order valence-electron chi connectivity index (χ3n) is 4.82. The number of aromatic amines is 1. The Hall–Kier alpha value is -2.60. The average Bonchev–Trinajstić information content (AvgIpc) is 3.40. The number of aliphatic carboxylic acids is 1. The van der Waals surface area contributed by atoms with Crippen molar-refractivity contribution in [1.29, 1.82) is 0 Å². The van der Waals surface area contributed by atoms with Crippen molar-refractivity contribution in [3.05, 3.63) is 18.2 Å². The first kappa shape index (κ1) is 23.7. The Bertz CT molecular complexity index is 743. The van der Waals surface area contributed by atoms with Gasteiger partial charge in [-0.15, -0.1) is 0 Å². The van der Waals surface area contributed by atoms with Crippen molar-refractivity contribution in [3.63, 3.8) is 0 Å². The van der Waals surface area contributed by atoms with Crippen LogP contribution in [-0.4, -0.2) is 86.9 Å². The Morgan fingerprint density at radius 1 is 1.43 bits per heavy atom. The van der Waals surface area contributed by atoms with Crippen LogP contribution in [0.5, 0.6) is 0 Å².